The van der Waals surface area contributed by atoms with Crippen molar-refractivity contribution in [3.8, 4) is 0 Å². The number of benzene rings is 1. The summed E-state index contributed by atoms with van der Waals surface area (Å²) in [6, 6.07) is 4.96. The molecular formula is C14H15Cl2N3O2. The van der Waals surface area contributed by atoms with Gasteiger partial charge in [-0.15, -0.1) is 0 Å². The SMILES string of the molecule is O=C1CNC(=O)N1C1CCCN(c2ccc(Cl)cc2Cl)C1. The Labute approximate surface area is 132 Å². The van der Waals surface area contributed by atoms with E-state index in [1.807, 2.05) is 6.07 Å². The lowest BCUT2D eigenvalue weighted by atomic mass is 10.0. The molecule has 7 heteroatoms. The van der Waals surface area contributed by atoms with Crippen LogP contribution in [-0.4, -0.2) is 42.5 Å². The molecule has 2 aliphatic rings. The zero-order valence-corrected chi connectivity index (χ0v) is 12.8. The number of halogens is 2. The van der Waals surface area contributed by atoms with Crippen LogP contribution in [0.3, 0.4) is 0 Å². The predicted octanol–water partition coefficient (Wildman–Crippen LogP) is 2.51. The van der Waals surface area contributed by atoms with Crippen molar-refractivity contribution in [1.82, 2.24) is 10.2 Å². The van der Waals surface area contributed by atoms with Crippen LogP contribution in [0.25, 0.3) is 0 Å². The fraction of sp³-hybridized carbons (Fsp3) is 0.429. The number of imide groups is 1. The molecular weight excluding hydrogens is 313 g/mol. The second-order valence-electron chi connectivity index (χ2n) is 5.26. The minimum Gasteiger partial charge on any atom is -0.368 e. The Morgan fingerprint density at radius 3 is 2.71 bits per heavy atom. The smallest absolute Gasteiger partial charge is 0.324 e. The Kier molecular flexibility index (Phi) is 3.95. The standard InChI is InChI=1S/C14H15Cl2N3O2/c15-9-3-4-12(11(16)6-9)18-5-1-2-10(8-18)19-13(20)7-17-14(19)21/h3-4,6,10H,1-2,5,7-8H2,(H,17,21). The maximum atomic E-state index is 11.8. The lowest BCUT2D eigenvalue weighted by molar-refractivity contribution is -0.126. The van der Waals surface area contributed by atoms with E-state index in [0.29, 0.717) is 16.6 Å². The van der Waals surface area contributed by atoms with Gasteiger partial charge < -0.3 is 10.2 Å². The first-order chi connectivity index (χ1) is 10.1. The van der Waals surface area contributed by atoms with Crippen molar-refractivity contribution in [2.24, 2.45) is 0 Å². The molecule has 1 atom stereocenters. The van der Waals surface area contributed by atoms with Crippen molar-refractivity contribution < 1.29 is 9.59 Å². The van der Waals surface area contributed by atoms with E-state index in [0.717, 1.165) is 25.1 Å². The van der Waals surface area contributed by atoms with Gasteiger partial charge in [-0.05, 0) is 31.0 Å². The molecule has 1 unspecified atom stereocenters. The summed E-state index contributed by atoms with van der Waals surface area (Å²) in [4.78, 5) is 27.0. The fourth-order valence-corrected chi connectivity index (χ4v) is 3.45. The van der Waals surface area contributed by atoms with Crippen molar-refractivity contribution in [1.29, 1.82) is 0 Å². The van der Waals surface area contributed by atoms with Crippen LogP contribution >= 0.6 is 23.2 Å². The van der Waals surface area contributed by atoms with Crippen molar-refractivity contribution in [2.75, 3.05) is 24.5 Å². The van der Waals surface area contributed by atoms with Gasteiger partial charge in [0.25, 0.3) is 0 Å². The van der Waals surface area contributed by atoms with Gasteiger partial charge in [0.15, 0.2) is 0 Å². The molecule has 112 valence electrons. The minimum atomic E-state index is -0.297. The molecule has 1 aromatic carbocycles. The summed E-state index contributed by atoms with van der Waals surface area (Å²) < 4.78 is 0. The summed E-state index contributed by atoms with van der Waals surface area (Å²) in [6.07, 6.45) is 1.72. The van der Waals surface area contributed by atoms with E-state index in [1.54, 1.807) is 12.1 Å². The van der Waals surface area contributed by atoms with Gasteiger partial charge in [-0.1, -0.05) is 23.2 Å². The molecule has 0 saturated carbocycles. The van der Waals surface area contributed by atoms with Gasteiger partial charge in [0.2, 0.25) is 5.91 Å². The summed E-state index contributed by atoms with van der Waals surface area (Å²) in [6.45, 7) is 1.54. The van der Waals surface area contributed by atoms with Gasteiger partial charge in [0.05, 0.1) is 23.3 Å². The summed E-state index contributed by atoms with van der Waals surface area (Å²) >= 11 is 12.2. The van der Waals surface area contributed by atoms with Gasteiger partial charge in [-0.2, -0.15) is 0 Å². The lowest BCUT2D eigenvalue weighted by Crippen LogP contribution is -2.50. The largest absolute Gasteiger partial charge is 0.368 e. The highest BCUT2D eigenvalue weighted by Crippen LogP contribution is 2.31. The second-order valence-corrected chi connectivity index (χ2v) is 6.10. The highest BCUT2D eigenvalue weighted by molar-refractivity contribution is 6.36. The second kappa shape index (κ2) is 5.73. The van der Waals surface area contributed by atoms with E-state index in [4.69, 9.17) is 23.2 Å². The first kappa shape index (κ1) is 14.5. The Bertz CT molecular complexity index is 578. The number of carbonyl (C=O) groups is 2. The van der Waals surface area contributed by atoms with Crippen molar-refractivity contribution >= 4 is 40.8 Å². The molecule has 0 aromatic heterocycles. The first-order valence-corrected chi connectivity index (χ1v) is 7.62. The maximum absolute atomic E-state index is 11.8. The van der Waals surface area contributed by atoms with E-state index < -0.39 is 0 Å². The number of rotatable bonds is 2. The van der Waals surface area contributed by atoms with Crippen LogP contribution in [0.4, 0.5) is 10.5 Å². The molecule has 21 heavy (non-hydrogen) atoms. The molecule has 2 heterocycles. The van der Waals surface area contributed by atoms with Gasteiger partial charge in [0, 0.05) is 18.1 Å². The van der Waals surface area contributed by atoms with E-state index in [9.17, 15) is 9.59 Å². The molecule has 0 bridgehead atoms. The van der Waals surface area contributed by atoms with Gasteiger partial charge in [0.1, 0.15) is 0 Å². The molecule has 3 amide bonds. The monoisotopic (exact) mass is 327 g/mol. The molecule has 1 aromatic rings. The van der Waals surface area contributed by atoms with Crippen LogP contribution < -0.4 is 10.2 Å². The number of hydrogen-bond donors (Lipinski definition) is 1. The first-order valence-electron chi connectivity index (χ1n) is 6.86. The Hall–Kier alpha value is -1.46. The maximum Gasteiger partial charge on any atom is 0.324 e. The number of amides is 3. The fourth-order valence-electron chi connectivity index (χ4n) is 2.93. The van der Waals surface area contributed by atoms with Crippen molar-refractivity contribution in [3.63, 3.8) is 0 Å². The lowest BCUT2D eigenvalue weighted by Gasteiger charge is -2.37. The average molecular weight is 328 g/mol. The number of nitrogens with one attached hydrogen (secondary N) is 1. The molecule has 5 nitrogen and oxygen atoms in total. The van der Waals surface area contributed by atoms with Gasteiger partial charge in [-0.25, -0.2) is 4.79 Å². The van der Waals surface area contributed by atoms with Crippen LogP contribution in [0.2, 0.25) is 10.0 Å². The van der Waals surface area contributed by atoms with Crippen LogP contribution in [0.15, 0.2) is 18.2 Å². The number of urea groups is 1. The minimum absolute atomic E-state index is 0.0943. The summed E-state index contributed by atoms with van der Waals surface area (Å²) in [5, 5.41) is 3.74. The van der Waals surface area contributed by atoms with Crippen LogP contribution in [0.1, 0.15) is 12.8 Å². The molecule has 2 saturated heterocycles. The predicted molar refractivity (Wildman–Crippen MR) is 81.9 cm³/mol. The Morgan fingerprint density at radius 2 is 2.05 bits per heavy atom. The normalized spacial score (nSPS) is 22.7. The van der Waals surface area contributed by atoms with Gasteiger partial charge in [-0.3, -0.25) is 9.69 Å². The number of anilines is 1. The number of piperidine rings is 1. The highest BCUT2D eigenvalue weighted by atomic mass is 35.5. The summed E-state index contributed by atoms with van der Waals surface area (Å²) in [5.41, 5.74) is 0.887. The summed E-state index contributed by atoms with van der Waals surface area (Å²) in [7, 11) is 0. The number of nitrogens with zero attached hydrogens (tertiary/aromatic N) is 2. The molecule has 3 rings (SSSR count). The Morgan fingerprint density at radius 1 is 1.24 bits per heavy atom. The van der Waals surface area contributed by atoms with E-state index in [-0.39, 0.29) is 24.5 Å². The average Bonchev–Trinajstić information content (AvgIpc) is 2.78. The van der Waals surface area contributed by atoms with Crippen LogP contribution in [0, 0.1) is 0 Å². The Balaban J connectivity index is 1.79. The number of hydrogen-bond acceptors (Lipinski definition) is 3. The van der Waals surface area contributed by atoms with Crippen molar-refractivity contribution in [3.05, 3.63) is 28.2 Å². The molecule has 2 fully saturated rings. The molecule has 0 spiro atoms. The zero-order valence-electron chi connectivity index (χ0n) is 11.3. The van der Waals surface area contributed by atoms with Crippen molar-refractivity contribution in [2.45, 2.75) is 18.9 Å². The molecule has 0 aliphatic carbocycles. The topological polar surface area (TPSA) is 52.7 Å². The third-order valence-electron chi connectivity index (χ3n) is 3.89. The summed E-state index contributed by atoms with van der Waals surface area (Å²) in [5.74, 6) is -0.158. The zero-order chi connectivity index (χ0) is 15.0. The van der Waals surface area contributed by atoms with E-state index in [1.165, 1.54) is 4.90 Å². The third kappa shape index (κ3) is 2.80. The molecule has 2 aliphatic heterocycles. The van der Waals surface area contributed by atoms with Crippen LogP contribution in [-0.2, 0) is 4.79 Å². The number of carbonyl (C=O) groups excluding carboxylic acids is 2. The highest BCUT2D eigenvalue weighted by Gasteiger charge is 2.37. The molecule has 0 radical (unpaired) electrons. The van der Waals surface area contributed by atoms with Gasteiger partial charge >= 0.3 is 6.03 Å². The van der Waals surface area contributed by atoms with Crippen LogP contribution in [0.5, 0.6) is 0 Å². The van der Waals surface area contributed by atoms with E-state index in [2.05, 4.69) is 10.2 Å². The third-order valence-corrected chi connectivity index (χ3v) is 4.43. The van der Waals surface area contributed by atoms with E-state index >= 15 is 0 Å². The quantitative estimate of drug-likeness (QED) is 0.849. The molecule has 1 N–H and O–H groups in total.